The second-order valence-corrected chi connectivity index (χ2v) is 3.32. The van der Waals surface area contributed by atoms with Crippen molar-refractivity contribution in [2.75, 3.05) is 6.61 Å². The van der Waals surface area contributed by atoms with Crippen LogP contribution in [0.25, 0.3) is 0 Å². The summed E-state index contributed by atoms with van der Waals surface area (Å²) in [6.07, 6.45) is 1.34. The lowest BCUT2D eigenvalue weighted by atomic mass is 10.7. The van der Waals surface area contributed by atoms with Crippen LogP contribution in [-0.2, 0) is 12.7 Å². The summed E-state index contributed by atoms with van der Waals surface area (Å²) in [5.74, 6) is 0. The molecule has 0 saturated carbocycles. The van der Waals surface area contributed by atoms with E-state index >= 15 is 0 Å². The standard InChI is InChI=1S/C3H6BrO4P.ClH/c1-2-3-7-9(5,6)8-4;/h2H,1,3H2,(H,5,6);1H. The summed E-state index contributed by atoms with van der Waals surface area (Å²) >= 11 is 2.33. The van der Waals surface area contributed by atoms with Gasteiger partial charge >= 0.3 is 7.82 Å². The Labute approximate surface area is 73.7 Å². The van der Waals surface area contributed by atoms with E-state index in [1.165, 1.54) is 6.08 Å². The minimum Gasteiger partial charge on any atom is -0.302 e. The first kappa shape index (κ1) is 13.2. The molecule has 0 heterocycles. The lowest BCUT2D eigenvalue weighted by molar-refractivity contribution is 0.236. The number of hydrogen-bond acceptors (Lipinski definition) is 3. The number of halogens is 2. The van der Waals surface area contributed by atoms with Crippen molar-refractivity contribution in [1.29, 1.82) is 0 Å². The molecule has 0 aromatic rings. The molecule has 10 heavy (non-hydrogen) atoms. The molecule has 0 amide bonds. The lowest BCUT2D eigenvalue weighted by Crippen LogP contribution is -1.87. The Kier molecular flexibility index (Phi) is 8.38. The maximum Gasteiger partial charge on any atom is 0.483 e. The summed E-state index contributed by atoms with van der Waals surface area (Å²) in [4.78, 5) is 8.47. The highest BCUT2D eigenvalue weighted by atomic mass is 79.9. The van der Waals surface area contributed by atoms with Crippen LogP contribution in [0.1, 0.15) is 0 Å². The number of phosphoric acid groups is 1. The third kappa shape index (κ3) is 6.74. The largest absolute Gasteiger partial charge is 0.483 e. The van der Waals surface area contributed by atoms with Crippen molar-refractivity contribution in [2.45, 2.75) is 0 Å². The molecule has 0 bridgehead atoms. The zero-order valence-electron chi connectivity index (χ0n) is 4.90. The van der Waals surface area contributed by atoms with Crippen LogP contribution in [0.5, 0.6) is 0 Å². The van der Waals surface area contributed by atoms with Gasteiger partial charge in [0.25, 0.3) is 0 Å². The smallest absolute Gasteiger partial charge is 0.302 e. The lowest BCUT2D eigenvalue weighted by Gasteiger charge is -2.03. The summed E-state index contributed by atoms with van der Waals surface area (Å²) < 4.78 is 18.5. The van der Waals surface area contributed by atoms with E-state index in [-0.39, 0.29) is 19.0 Å². The first-order valence-electron chi connectivity index (χ1n) is 2.01. The monoisotopic (exact) mass is 252 g/mol. The summed E-state index contributed by atoms with van der Waals surface area (Å²) in [7, 11) is -3.84. The third-order valence-corrected chi connectivity index (χ3v) is 2.19. The van der Waals surface area contributed by atoms with E-state index in [1.54, 1.807) is 0 Å². The molecule has 1 N–H and O–H groups in total. The fraction of sp³-hybridized carbons (Fsp3) is 0.333. The number of hydrogen-bond donors (Lipinski definition) is 1. The zero-order valence-corrected chi connectivity index (χ0v) is 8.19. The van der Waals surface area contributed by atoms with Crippen molar-refractivity contribution in [1.82, 2.24) is 0 Å². The molecule has 1 atom stereocenters. The molecule has 0 aliphatic heterocycles. The second kappa shape index (κ2) is 6.34. The van der Waals surface area contributed by atoms with Crippen LogP contribution in [0.15, 0.2) is 12.7 Å². The van der Waals surface area contributed by atoms with E-state index < -0.39 is 7.82 Å². The molecule has 0 aliphatic carbocycles. The Morgan fingerprint density at radius 3 is 2.60 bits per heavy atom. The fourth-order valence-electron chi connectivity index (χ4n) is 0.167. The van der Waals surface area contributed by atoms with Gasteiger partial charge in [0, 0.05) is 0 Å². The quantitative estimate of drug-likeness (QED) is 0.615. The van der Waals surface area contributed by atoms with Crippen LogP contribution in [0.2, 0.25) is 0 Å². The maximum atomic E-state index is 10.4. The molecule has 1 unspecified atom stereocenters. The van der Waals surface area contributed by atoms with Gasteiger partial charge in [0.15, 0.2) is 0 Å². The van der Waals surface area contributed by atoms with Crippen molar-refractivity contribution in [2.24, 2.45) is 0 Å². The van der Waals surface area contributed by atoms with Crippen molar-refractivity contribution < 1.29 is 17.6 Å². The molecule has 0 aromatic carbocycles. The summed E-state index contributed by atoms with van der Waals surface area (Å²) in [6.45, 7) is 3.26. The van der Waals surface area contributed by atoms with Gasteiger partial charge in [-0.3, -0.25) is 4.52 Å². The predicted octanol–water partition coefficient (Wildman–Crippen LogP) is 2.04. The van der Waals surface area contributed by atoms with Crippen molar-refractivity contribution >= 4 is 36.5 Å². The molecule has 4 nitrogen and oxygen atoms in total. The average molecular weight is 253 g/mol. The summed E-state index contributed by atoms with van der Waals surface area (Å²) in [5, 5.41) is 0. The Morgan fingerprint density at radius 1 is 1.80 bits per heavy atom. The van der Waals surface area contributed by atoms with E-state index in [0.717, 1.165) is 0 Å². The molecule has 0 saturated heterocycles. The Hall–Kier alpha value is 0.620. The van der Waals surface area contributed by atoms with Crippen LogP contribution < -0.4 is 0 Å². The zero-order chi connectivity index (χ0) is 7.33. The van der Waals surface area contributed by atoms with E-state index in [9.17, 15) is 4.57 Å². The van der Waals surface area contributed by atoms with Gasteiger partial charge in [-0.25, -0.2) is 8.18 Å². The molecule has 0 aliphatic rings. The second-order valence-electron chi connectivity index (χ2n) is 1.12. The molecule has 62 valence electrons. The van der Waals surface area contributed by atoms with E-state index in [2.05, 4.69) is 31.0 Å². The van der Waals surface area contributed by atoms with Crippen molar-refractivity contribution in [3.8, 4) is 0 Å². The number of phosphoric ester groups is 1. The molecule has 7 heteroatoms. The SMILES string of the molecule is C=CCOP(=O)(O)OBr.Cl. The van der Waals surface area contributed by atoms with Gasteiger partial charge in [0.1, 0.15) is 16.3 Å². The van der Waals surface area contributed by atoms with Crippen LogP contribution in [0, 0.1) is 0 Å². The first-order valence-corrected chi connectivity index (χ1v) is 4.15. The minimum atomic E-state index is -3.84. The van der Waals surface area contributed by atoms with Crippen LogP contribution in [-0.4, -0.2) is 11.5 Å². The van der Waals surface area contributed by atoms with Crippen LogP contribution >= 0.6 is 36.5 Å². The van der Waals surface area contributed by atoms with Crippen LogP contribution in [0.3, 0.4) is 0 Å². The molecule has 0 rings (SSSR count). The minimum absolute atomic E-state index is 0. The summed E-state index contributed by atoms with van der Waals surface area (Å²) in [6, 6.07) is 0. The van der Waals surface area contributed by atoms with Crippen LogP contribution in [0.4, 0.5) is 0 Å². The number of rotatable bonds is 4. The van der Waals surface area contributed by atoms with Crippen molar-refractivity contribution in [3.63, 3.8) is 0 Å². The Balaban J connectivity index is 0. The fourth-order valence-corrected chi connectivity index (χ4v) is 0.751. The highest BCUT2D eigenvalue weighted by Crippen LogP contribution is 2.44. The predicted molar refractivity (Wildman–Crippen MR) is 43.2 cm³/mol. The summed E-state index contributed by atoms with van der Waals surface area (Å²) in [5.41, 5.74) is 0. The molecule has 0 spiro atoms. The maximum absolute atomic E-state index is 10.4. The van der Waals surface area contributed by atoms with E-state index in [0.29, 0.717) is 0 Å². The molecule has 0 radical (unpaired) electrons. The normalized spacial score (nSPS) is 15.0. The van der Waals surface area contributed by atoms with Gasteiger partial charge in [-0.1, -0.05) is 6.08 Å². The van der Waals surface area contributed by atoms with Gasteiger partial charge in [-0.15, -0.1) is 19.0 Å². The van der Waals surface area contributed by atoms with E-state index in [4.69, 9.17) is 4.89 Å². The molecular formula is C3H7BrClO4P. The van der Waals surface area contributed by atoms with Gasteiger partial charge in [-0.05, 0) is 0 Å². The van der Waals surface area contributed by atoms with Gasteiger partial charge in [0.05, 0.1) is 6.61 Å². The highest BCUT2D eigenvalue weighted by molar-refractivity contribution is 9.06. The molecular weight excluding hydrogens is 246 g/mol. The van der Waals surface area contributed by atoms with Gasteiger partial charge in [0.2, 0.25) is 0 Å². The third-order valence-electron chi connectivity index (χ3n) is 0.443. The van der Waals surface area contributed by atoms with E-state index in [1.807, 2.05) is 0 Å². The molecule has 0 aromatic heterocycles. The van der Waals surface area contributed by atoms with Gasteiger partial charge < -0.3 is 4.89 Å². The highest BCUT2D eigenvalue weighted by Gasteiger charge is 2.17. The molecule has 0 fully saturated rings. The van der Waals surface area contributed by atoms with Gasteiger partial charge in [-0.2, -0.15) is 0 Å². The first-order chi connectivity index (χ1) is 4.12. The Morgan fingerprint density at radius 2 is 2.30 bits per heavy atom. The average Bonchev–Trinajstić information content (AvgIpc) is 1.84. The topological polar surface area (TPSA) is 55.8 Å². The van der Waals surface area contributed by atoms with Crippen molar-refractivity contribution in [3.05, 3.63) is 12.7 Å². The Bertz CT molecular complexity index is 140.